The third-order valence-corrected chi connectivity index (χ3v) is 5.88. The SMILES string of the molecule is COc1ccc(C(=O)c2cn(Cc3cccc(F)c3)c3cc4c(cc3c2=O)OCCO4)cc1OC. The molecule has 0 unspecified atom stereocenters. The molecule has 2 heterocycles. The van der Waals surface area contributed by atoms with Gasteiger partial charge < -0.3 is 23.5 Å². The van der Waals surface area contributed by atoms with E-state index in [1.807, 2.05) is 0 Å². The van der Waals surface area contributed by atoms with Crippen LogP contribution in [0.5, 0.6) is 23.0 Å². The van der Waals surface area contributed by atoms with Gasteiger partial charge in [-0.05, 0) is 42.0 Å². The topological polar surface area (TPSA) is 76.0 Å². The first-order chi connectivity index (χ1) is 17.0. The molecule has 3 aromatic carbocycles. The number of pyridine rings is 1. The fourth-order valence-corrected chi connectivity index (χ4v) is 4.18. The number of hydrogen-bond acceptors (Lipinski definition) is 6. The lowest BCUT2D eigenvalue weighted by atomic mass is 10.0. The summed E-state index contributed by atoms with van der Waals surface area (Å²) in [6.45, 7) is 0.989. The molecule has 5 rings (SSSR count). The van der Waals surface area contributed by atoms with Crippen molar-refractivity contribution in [2.24, 2.45) is 0 Å². The molecule has 0 bridgehead atoms. The number of ketones is 1. The molecule has 0 spiro atoms. The zero-order valence-electron chi connectivity index (χ0n) is 19.2. The van der Waals surface area contributed by atoms with Crippen molar-refractivity contribution in [1.82, 2.24) is 4.57 Å². The van der Waals surface area contributed by atoms with Crippen molar-refractivity contribution in [2.75, 3.05) is 27.4 Å². The highest BCUT2D eigenvalue weighted by Crippen LogP contribution is 2.34. The number of carbonyl (C=O) groups is 1. The molecule has 7 nitrogen and oxygen atoms in total. The Labute approximate surface area is 200 Å². The molecular weight excluding hydrogens is 453 g/mol. The molecule has 178 valence electrons. The Hall–Kier alpha value is -4.33. The first-order valence-electron chi connectivity index (χ1n) is 11.0. The number of benzene rings is 3. The maximum absolute atomic E-state index is 13.9. The van der Waals surface area contributed by atoms with Gasteiger partial charge in [0.05, 0.1) is 30.7 Å². The summed E-state index contributed by atoms with van der Waals surface area (Å²) in [5.74, 6) is 0.946. The maximum atomic E-state index is 13.9. The van der Waals surface area contributed by atoms with Crippen LogP contribution in [0.3, 0.4) is 0 Å². The van der Waals surface area contributed by atoms with E-state index < -0.39 is 11.2 Å². The third kappa shape index (κ3) is 4.19. The lowest BCUT2D eigenvalue weighted by Gasteiger charge is -2.21. The van der Waals surface area contributed by atoms with Gasteiger partial charge >= 0.3 is 0 Å². The number of ether oxygens (including phenoxy) is 4. The first kappa shape index (κ1) is 22.5. The van der Waals surface area contributed by atoms with Crippen LogP contribution < -0.4 is 24.4 Å². The summed E-state index contributed by atoms with van der Waals surface area (Å²) >= 11 is 0. The predicted molar refractivity (Wildman–Crippen MR) is 128 cm³/mol. The van der Waals surface area contributed by atoms with E-state index in [-0.39, 0.29) is 23.5 Å². The Bertz CT molecular complexity index is 1510. The van der Waals surface area contributed by atoms with Gasteiger partial charge in [-0.25, -0.2) is 4.39 Å². The van der Waals surface area contributed by atoms with Gasteiger partial charge in [0.25, 0.3) is 0 Å². The number of hydrogen-bond donors (Lipinski definition) is 0. The second-order valence-electron chi connectivity index (χ2n) is 8.04. The highest BCUT2D eigenvalue weighted by atomic mass is 19.1. The molecule has 0 fully saturated rings. The Balaban J connectivity index is 1.69. The van der Waals surface area contributed by atoms with Gasteiger partial charge in [-0.2, -0.15) is 0 Å². The largest absolute Gasteiger partial charge is 0.493 e. The van der Waals surface area contributed by atoms with Crippen LogP contribution in [0.2, 0.25) is 0 Å². The minimum Gasteiger partial charge on any atom is -0.493 e. The molecule has 8 heteroatoms. The average molecular weight is 475 g/mol. The van der Waals surface area contributed by atoms with E-state index in [1.54, 1.807) is 41.0 Å². The van der Waals surface area contributed by atoms with E-state index >= 15 is 0 Å². The summed E-state index contributed by atoms with van der Waals surface area (Å²) in [6.07, 6.45) is 1.50. The molecule has 1 aromatic heterocycles. The number of carbonyl (C=O) groups excluding carboxylic acids is 1. The number of halogens is 1. The predicted octanol–water partition coefficient (Wildman–Crippen LogP) is 4.21. The van der Waals surface area contributed by atoms with E-state index in [4.69, 9.17) is 18.9 Å². The van der Waals surface area contributed by atoms with Crippen molar-refractivity contribution in [1.29, 1.82) is 0 Å². The van der Waals surface area contributed by atoms with Gasteiger partial charge in [0.1, 0.15) is 19.0 Å². The fourth-order valence-electron chi connectivity index (χ4n) is 4.18. The Morgan fingerprint density at radius 1 is 0.971 bits per heavy atom. The van der Waals surface area contributed by atoms with Crippen molar-refractivity contribution in [3.05, 3.63) is 93.5 Å². The Morgan fingerprint density at radius 3 is 2.43 bits per heavy atom. The monoisotopic (exact) mass is 475 g/mol. The van der Waals surface area contributed by atoms with E-state index in [0.29, 0.717) is 52.7 Å². The molecule has 0 N–H and O–H groups in total. The van der Waals surface area contributed by atoms with Crippen molar-refractivity contribution < 1.29 is 28.1 Å². The van der Waals surface area contributed by atoms with Gasteiger partial charge in [-0.15, -0.1) is 0 Å². The summed E-state index contributed by atoms with van der Waals surface area (Å²) in [5, 5.41) is 0.303. The molecule has 0 saturated heterocycles. The van der Waals surface area contributed by atoms with Crippen LogP contribution >= 0.6 is 0 Å². The first-order valence-corrected chi connectivity index (χ1v) is 11.0. The van der Waals surface area contributed by atoms with Crippen LogP contribution in [0.1, 0.15) is 21.5 Å². The molecule has 35 heavy (non-hydrogen) atoms. The molecule has 0 saturated carbocycles. The molecule has 1 aliphatic heterocycles. The average Bonchev–Trinajstić information content (AvgIpc) is 2.88. The van der Waals surface area contributed by atoms with Crippen LogP contribution in [-0.2, 0) is 6.54 Å². The summed E-state index contributed by atoms with van der Waals surface area (Å²) in [5.41, 5.74) is 1.03. The van der Waals surface area contributed by atoms with Gasteiger partial charge in [0.15, 0.2) is 28.8 Å². The van der Waals surface area contributed by atoms with Gasteiger partial charge in [0, 0.05) is 24.4 Å². The highest BCUT2D eigenvalue weighted by Gasteiger charge is 2.22. The van der Waals surface area contributed by atoms with Gasteiger partial charge in [-0.3, -0.25) is 9.59 Å². The zero-order chi connectivity index (χ0) is 24.5. The zero-order valence-corrected chi connectivity index (χ0v) is 19.2. The van der Waals surface area contributed by atoms with E-state index in [2.05, 4.69) is 0 Å². The third-order valence-electron chi connectivity index (χ3n) is 5.88. The van der Waals surface area contributed by atoms with Crippen LogP contribution in [0, 0.1) is 5.82 Å². The number of aromatic nitrogens is 1. The molecular formula is C27H22FNO6. The second kappa shape index (κ2) is 9.13. The molecule has 1 aliphatic rings. The van der Waals surface area contributed by atoms with Crippen LogP contribution in [-0.4, -0.2) is 37.8 Å². The van der Waals surface area contributed by atoms with Crippen molar-refractivity contribution in [3.8, 4) is 23.0 Å². The minimum absolute atomic E-state index is 0.0298. The maximum Gasteiger partial charge on any atom is 0.200 e. The van der Waals surface area contributed by atoms with Crippen molar-refractivity contribution in [3.63, 3.8) is 0 Å². The lowest BCUT2D eigenvalue weighted by Crippen LogP contribution is -2.21. The smallest absolute Gasteiger partial charge is 0.200 e. The quantitative estimate of drug-likeness (QED) is 0.389. The van der Waals surface area contributed by atoms with Crippen LogP contribution in [0.15, 0.2) is 65.6 Å². The highest BCUT2D eigenvalue weighted by molar-refractivity contribution is 6.10. The van der Waals surface area contributed by atoms with E-state index in [0.717, 1.165) is 0 Å². The normalized spacial score (nSPS) is 12.4. The molecule has 0 radical (unpaired) electrons. The molecule has 0 aliphatic carbocycles. The second-order valence-corrected chi connectivity index (χ2v) is 8.04. The fraction of sp³-hybridized carbons (Fsp3) is 0.185. The van der Waals surface area contributed by atoms with Crippen molar-refractivity contribution in [2.45, 2.75) is 6.54 Å². The summed E-state index contributed by atoms with van der Waals surface area (Å²) < 4.78 is 37.5. The summed E-state index contributed by atoms with van der Waals surface area (Å²) in [6, 6.07) is 14.2. The van der Waals surface area contributed by atoms with Gasteiger partial charge in [0.2, 0.25) is 5.43 Å². The Morgan fingerprint density at radius 2 is 1.71 bits per heavy atom. The van der Waals surface area contributed by atoms with E-state index in [1.165, 1.54) is 38.6 Å². The number of fused-ring (bicyclic) bond motifs is 2. The Kier molecular flexibility index (Phi) is 5.86. The lowest BCUT2D eigenvalue weighted by molar-refractivity contribution is 0.103. The standard InChI is InChI=1S/C27H22FNO6/c1-32-22-7-6-17(11-23(22)33-2)26(30)20-15-29(14-16-4-3-5-18(28)10-16)21-13-25-24(34-8-9-35-25)12-19(21)27(20)31/h3-7,10-13,15H,8-9,14H2,1-2H3. The number of rotatable bonds is 6. The van der Waals surface area contributed by atoms with E-state index in [9.17, 15) is 14.0 Å². The number of methoxy groups -OCH3 is 2. The van der Waals surface area contributed by atoms with Gasteiger partial charge in [-0.1, -0.05) is 12.1 Å². The minimum atomic E-state index is -0.472. The van der Waals surface area contributed by atoms with Crippen LogP contribution in [0.4, 0.5) is 4.39 Å². The number of nitrogens with zero attached hydrogens (tertiary/aromatic N) is 1. The van der Waals surface area contributed by atoms with Crippen LogP contribution in [0.25, 0.3) is 10.9 Å². The molecule has 0 amide bonds. The summed E-state index contributed by atoms with van der Waals surface area (Å²) in [4.78, 5) is 27.0. The molecule has 0 atom stereocenters. The summed E-state index contributed by atoms with van der Waals surface area (Å²) in [7, 11) is 2.97. The molecule has 4 aromatic rings. The van der Waals surface area contributed by atoms with Crippen molar-refractivity contribution >= 4 is 16.7 Å².